The molecule has 1 rings (SSSR count). The highest BCUT2D eigenvalue weighted by molar-refractivity contribution is 8.05. The minimum absolute atomic E-state index is 0.151. The number of carbonyl (C=O) groups is 1. The number of nitrogens with one attached hydrogen (secondary N) is 1. The van der Waals surface area contributed by atoms with Gasteiger partial charge in [-0.3, -0.25) is 4.84 Å². The maximum absolute atomic E-state index is 10.8. The van der Waals surface area contributed by atoms with Crippen molar-refractivity contribution in [2.45, 2.75) is 0 Å². The van der Waals surface area contributed by atoms with Gasteiger partial charge in [0.25, 0.3) is 0 Å². The van der Waals surface area contributed by atoms with Crippen LogP contribution in [0.2, 0.25) is 0 Å². The van der Waals surface area contributed by atoms with Gasteiger partial charge in [0.2, 0.25) is 0 Å². The van der Waals surface area contributed by atoms with Crippen LogP contribution in [-0.2, 0) is 16.0 Å². The molecule has 0 fully saturated rings. The highest BCUT2D eigenvalue weighted by Gasteiger charge is 2.08. The lowest BCUT2D eigenvalue weighted by Crippen LogP contribution is -2.02. The Morgan fingerprint density at radius 1 is 1.53 bits per heavy atom. The Kier molecular flexibility index (Phi) is 5.28. The summed E-state index contributed by atoms with van der Waals surface area (Å²) in [6.07, 6.45) is 0. The first kappa shape index (κ1) is 12.1. The van der Waals surface area contributed by atoms with Crippen molar-refractivity contribution >= 4 is 24.7 Å². The van der Waals surface area contributed by atoms with Gasteiger partial charge in [0.1, 0.15) is 11.3 Å². The second-order valence-corrected chi connectivity index (χ2v) is 4.19. The van der Waals surface area contributed by atoms with Crippen LogP contribution in [0.5, 0.6) is 5.75 Å². The summed E-state index contributed by atoms with van der Waals surface area (Å²) in [5.41, 5.74) is 0.151. The molecule has 0 aromatic heterocycles. The number of aromatic carboxylic acids is 1. The number of hydrogen-bond donors (Lipinski definition) is 3. The smallest absolute Gasteiger partial charge is 0.339 e. The molecular formula is C8H10NO4PS. The lowest BCUT2D eigenvalue weighted by molar-refractivity contribution is 0.0695. The van der Waals surface area contributed by atoms with E-state index in [0.717, 1.165) is 0 Å². The van der Waals surface area contributed by atoms with Crippen molar-refractivity contribution in [3.63, 3.8) is 0 Å². The number of rotatable bonds is 5. The van der Waals surface area contributed by atoms with Crippen molar-refractivity contribution < 1.29 is 19.3 Å². The molecule has 1 aromatic rings. The highest BCUT2D eigenvalue weighted by Crippen LogP contribution is 2.21. The third kappa shape index (κ3) is 3.97. The number of carboxylic acids is 1. The molecule has 5 nitrogen and oxygen atoms in total. The van der Waals surface area contributed by atoms with Crippen molar-refractivity contribution in [1.82, 2.24) is 4.89 Å². The summed E-state index contributed by atoms with van der Waals surface area (Å²) in [5, 5.41) is 8.84. The quantitative estimate of drug-likeness (QED) is 0.417. The second-order valence-electron chi connectivity index (χ2n) is 2.37. The lowest BCUT2D eigenvalue weighted by Gasteiger charge is -2.02. The van der Waals surface area contributed by atoms with E-state index >= 15 is 0 Å². The van der Waals surface area contributed by atoms with E-state index in [1.807, 2.05) is 0 Å². The van der Waals surface area contributed by atoms with E-state index in [4.69, 9.17) is 9.63 Å². The zero-order valence-electron chi connectivity index (χ0n) is 7.88. The fourth-order valence-corrected chi connectivity index (χ4v) is 1.98. The van der Waals surface area contributed by atoms with Gasteiger partial charge < -0.3 is 9.63 Å². The maximum Gasteiger partial charge on any atom is 0.339 e. The molecule has 82 valence electrons. The molecule has 1 aromatic carbocycles. The van der Waals surface area contributed by atoms with Gasteiger partial charge in [-0.2, -0.15) is 0 Å². The molecule has 0 aliphatic heterocycles. The predicted octanol–water partition coefficient (Wildman–Crippen LogP) is 1.42. The SMILES string of the molecule is CON[SH]=POc1ccccc1C(=O)O. The summed E-state index contributed by atoms with van der Waals surface area (Å²) >= 11 is 0.693. The van der Waals surface area contributed by atoms with Crippen molar-refractivity contribution in [2.24, 2.45) is 0 Å². The first-order chi connectivity index (χ1) is 7.25. The molecule has 0 amide bonds. The molecular weight excluding hydrogens is 237 g/mol. The first-order valence-corrected chi connectivity index (χ1v) is 6.34. The number of benzene rings is 1. The molecule has 0 spiro atoms. The maximum atomic E-state index is 10.8. The zero-order valence-corrected chi connectivity index (χ0v) is 9.66. The minimum Gasteiger partial charge on any atom is -0.478 e. The molecule has 0 aliphatic carbocycles. The van der Waals surface area contributed by atoms with Gasteiger partial charge in [-0.05, 0) is 23.3 Å². The average molecular weight is 247 g/mol. The standard InChI is InChI=1S/C8H10NO4PS/c1-12-9-15-14-13-7-5-3-2-4-6(7)8(10)11/h2-5,9,15H,1H3,(H,10,11). The summed E-state index contributed by atoms with van der Waals surface area (Å²) < 4.78 is 5.24. The van der Waals surface area contributed by atoms with Gasteiger partial charge in [-0.1, -0.05) is 12.1 Å². The normalized spacial score (nSPS) is 11.0. The van der Waals surface area contributed by atoms with E-state index < -0.39 is 5.97 Å². The van der Waals surface area contributed by atoms with Gasteiger partial charge in [-0.15, -0.1) is 4.89 Å². The molecule has 0 atom stereocenters. The van der Waals surface area contributed by atoms with E-state index in [9.17, 15) is 4.79 Å². The van der Waals surface area contributed by atoms with Crippen LogP contribution >= 0.6 is 7.58 Å². The van der Waals surface area contributed by atoms with E-state index in [2.05, 4.69) is 9.72 Å². The monoisotopic (exact) mass is 247 g/mol. The molecule has 15 heavy (non-hydrogen) atoms. The van der Waals surface area contributed by atoms with E-state index in [-0.39, 0.29) is 5.56 Å². The Hall–Kier alpha value is -0.940. The minimum atomic E-state index is -1.00. The molecule has 0 aliphatic rings. The van der Waals surface area contributed by atoms with Gasteiger partial charge in [-0.25, -0.2) is 4.79 Å². The zero-order chi connectivity index (χ0) is 11.1. The Balaban J connectivity index is 2.71. The third-order valence-corrected chi connectivity index (χ3v) is 2.79. The van der Waals surface area contributed by atoms with Gasteiger partial charge in [0, 0.05) is 0 Å². The van der Waals surface area contributed by atoms with Gasteiger partial charge in [0.15, 0.2) is 7.58 Å². The molecule has 0 unspecified atom stereocenters. The second kappa shape index (κ2) is 6.53. The highest BCUT2D eigenvalue weighted by atomic mass is 32.5. The Bertz CT molecular complexity index is 371. The van der Waals surface area contributed by atoms with Crippen LogP contribution in [0.1, 0.15) is 10.4 Å². The number of thiol groups is 1. The van der Waals surface area contributed by atoms with Crippen molar-refractivity contribution in [3.8, 4) is 5.75 Å². The summed E-state index contributed by atoms with van der Waals surface area (Å²) in [6.45, 7) is 0. The Morgan fingerprint density at radius 3 is 2.93 bits per heavy atom. The van der Waals surface area contributed by atoms with E-state index in [1.54, 1.807) is 18.2 Å². The van der Waals surface area contributed by atoms with Gasteiger partial charge in [0.05, 0.1) is 7.11 Å². The molecule has 0 radical (unpaired) electrons. The van der Waals surface area contributed by atoms with E-state index in [0.29, 0.717) is 24.5 Å². The lowest BCUT2D eigenvalue weighted by atomic mass is 10.2. The Morgan fingerprint density at radius 2 is 2.27 bits per heavy atom. The predicted molar refractivity (Wildman–Crippen MR) is 59.9 cm³/mol. The van der Waals surface area contributed by atoms with Crippen LogP contribution in [0.3, 0.4) is 0 Å². The molecule has 2 N–H and O–H groups in total. The van der Waals surface area contributed by atoms with Crippen molar-refractivity contribution in [1.29, 1.82) is 0 Å². The van der Waals surface area contributed by atoms with Crippen molar-refractivity contribution in [2.75, 3.05) is 7.11 Å². The largest absolute Gasteiger partial charge is 0.478 e. The number of carboxylic acid groups (broad SMARTS) is 1. The number of para-hydroxylation sites is 1. The van der Waals surface area contributed by atoms with Crippen LogP contribution in [0.4, 0.5) is 0 Å². The summed E-state index contributed by atoms with van der Waals surface area (Å²) in [6, 6.07) is 6.48. The van der Waals surface area contributed by atoms with Crippen molar-refractivity contribution in [3.05, 3.63) is 29.8 Å². The molecule has 7 heteroatoms. The molecule has 0 saturated carbocycles. The molecule has 0 heterocycles. The van der Waals surface area contributed by atoms with Gasteiger partial charge >= 0.3 is 5.97 Å². The summed E-state index contributed by atoms with van der Waals surface area (Å²) in [5.74, 6) is -0.658. The first-order valence-electron chi connectivity index (χ1n) is 3.93. The van der Waals surface area contributed by atoms with Crippen LogP contribution in [0.15, 0.2) is 24.3 Å². The fourth-order valence-electron chi connectivity index (χ4n) is 0.845. The molecule has 0 bridgehead atoms. The third-order valence-electron chi connectivity index (χ3n) is 1.43. The summed E-state index contributed by atoms with van der Waals surface area (Å²) in [7, 11) is 2.05. The number of hydrogen-bond acceptors (Lipinski definition) is 3. The van der Waals surface area contributed by atoms with E-state index in [1.165, 1.54) is 13.2 Å². The average Bonchev–Trinajstić information content (AvgIpc) is 2.25. The van der Waals surface area contributed by atoms with Crippen LogP contribution in [0, 0.1) is 0 Å². The topological polar surface area (TPSA) is 67.8 Å². The Labute approximate surface area is 92.0 Å². The van der Waals surface area contributed by atoms with Crippen LogP contribution < -0.4 is 9.41 Å². The van der Waals surface area contributed by atoms with Crippen LogP contribution in [0.25, 0.3) is 0 Å². The fraction of sp³-hybridized carbons (Fsp3) is 0.125. The summed E-state index contributed by atoms with van der Waals surface area (Å²) in [4.78, 5) is 17.9. The molecule has 0 saturated heterocycles. The van der Waals surface area contributed by atoms with Crippen LogP contribution in [-0.4, -0.2) is 18.2 Å².